The minimum Gasteiger partial charge on any atom is -0.459 e. The van der Waals surface area contributed by atoms with Crippen LogP contribution >= 0.6 is 0 Å². The second-order valence-electron chi connectivity index (χ2n) is 5.09. The molecular weight excluding hydrogens is 275 g/mol. The molecule has 0 saturated heterocycles. The van der Waals surface area contributed by atoms with Gasteiger partial charge in [0.2, 0.25) is 5.60 Å². The molecule has 0 spiro atoms. The number of aliphatic hydroxyl groups is 1. The Morgan fingerprint density at radius 3 is 1.84 bits per heavy atom. The van der Waals surface area contributed by atoms with E-state index < -0.39 is 35.7 Å². The zero-order valence-electron chi connectivity index (χ0n) is 11.1. The zero-order chi connectivity index (χ0) is 15.7. The molecule has 19 heavy (non-hydrogen) atoms. The summed E-state index contributed by atoms with van der Waals surface area (Å²) in [5.41, 5.74) is -5.35. The smallest absolute Gasteiger partial charge is 0.423 e. The summed E-state index contributed by atoms with van der Waals surface area (Å²) in [7, 11) is 0. The minimum absolute atomic E-state index is 0.0637. The van der Waals surface area contributed by atoms with Gasteiger partial charge >= 0.3 is 18.1 Å². The molecule has 0 heterocycles. The van der Waals surface area contributed by atoms with Gasteiger partial charge in [-0.3, -0.25) is 4.79 Å². The third-order valence-corrected chi connectivity index (χ3v) is 3.09. The first kappa shape index (κ1) is 18.1. The van der Waals surface area contributed by atoms with Crippen LogP contribution in [0.3, 0.4) is 0 Å². The number of hydrogen-bond acceptors (Lipinski definition) is 3. The van der Waals surface area contributed by atoms with Crippen molar-refractivity contribution in [1.82, 2.24) is 0 Å². The molecule has 1 unspecified atom stereocenters. The van der Waals surface area contributed by atoms with Gasteiger partial charge in [-0.05, 0) is 27.2 Å². The fraction of sp³-hybridized carbons (Fsp3) is 0.909. The summed E-state index contributed by atoms with van der Waals surface area (Å²) >= 11 is 0. The van der Waals surface area contributed by atoms with Crippen molar-refractivity contribution in [2.75, 3.05) is 6.61 Å². The van der Waals surface area contributed by atoms with Gasteiger partial charge in [-0.25, -0.2) is 0 Å². The molecule has 8 heteroatoms. The average molecular weight is 292 g/mol. The number of rotatable bonds is 5. The van der Waals surface area contributed by atoms with Gasteiger partial charge in [0.25, 0.3) is 0 Å². The van der Waals surface area contributed by atoms with Crippen LogP contribution in [0.15, 0.2) is 0 Å². The summed E-state index contributed by atoms with van der Waals surface area (Å²) in [4.78, 5) is 11.4. The van der Waals surface area contributed by atoms with Gasteiger partial charge < -0.3 is 9.84 Å². The number of halogens is 5. The maximum atomic E-state index is 13.3. The van der Waals surface area contributed by atoms with E-state index >= 15 is 0 Å². The Bertz CT molecular complexity index is 334. The molecule has 0 fully saturated rings. The minimum atomic E-state index is -5.54. The first-order chi connectivity index (χ1) is 8.19. The predicted molar refractivity (Wildman–Crippen MR) is 56.7 cm³/mol. The third-order valence-electron chi connectivity index (χ3n) is 3.09. The standard InChI is InChI=1S/C11H17F5O3/c1-5-8(2,3)7(17)19-6-10(12,13)9(4,18)11(14,15)16/h18H,5-6H2,1-4H3. The highest BCUT2D eigenvalue weighted by Gasteiger charge is 2.66. The molecule has 0 aliphatic heterocycles. The topological polar surface area (TPSA) is 46.5 Å². The molecule has 0 aromatic carbocycles. The second-order valence-corrected chi connectivity index (χ2v) is 5.09. The molecule has 3 nitrogen and oxygen atoms in total. The van der Waals surface area contributed by atoms with Crippen LogP contribution < -0.4 is 0 Å². The van der Waals surface area contributed by atoms with E-state index in [1.807, 2.05) is 0 Å². The van der Waals surface area contributed by atoms with E-state index in [0.29, 0.717) is 0 Å². The lowest BCUT2D eigenvalue weighted by atomic mass is 9.90. The lowest BCUT2D eigenvalue weighted by Gasteiger charge is -2.34. The Labute approximate surface area is 107 Å². The second kappa shape index (κ2) is 5.22. The number of carbonyl (C=O) groups is 1. The van der Waals surface area contributed by atoms with Gasteiger partial charge in [0.15, 0.2) is 6.61 Å². The van der Waals surface area contributed by atoms with Crippen molar-refractivity contribution in [2.45, 2.75) is 51.8 Å². The summed E-state index contributed by atoms with van der Waals surface area (Å²) in [5, 5.41) is 8.89. The number of hydrogen-bond donors (Lipinski definition) is 1. The van der Waals surface area contributed by atoms with Gasteiger partial charge in [0.1, 0.15) is 0 Å². The Kier molecular flexibility index (Phi) is 4.97. The van der Waals surface area contributed by atoms with Crippen molar-refractivity contribution >= 4 is 5.97 Å². The van der Waals surface area contributed by atoms with Crippen molar-refractivity contribution in [3.05, 3.63) is 0 Å². The SMILES string of the molecule is CCC(C)(C)C(=O)OCC(F)(F)C(C)(O)C(F)(F)F. The van der Waals surface area contributed by atoms with Crippen molar-refractivity contribution in [1.29, 1.82) is 0 Å². The summed E-state index contributed by atoms with van der Waals surface area (Å²) < 4.78 is 67.6. The summed E-state index contributed by atoms with van der Waals surface area (Å²) in [5.74, 6) is -5.68. The van der Waals surface area contributed by atoms with Crippen LogP contribution in [0.25, 0.3) is 0 Å². The van der Waals surface area contributed by atoms with Crippen LogP contribution in [0.1, 0.15) is 34.1 Å². The number of ether oxygens (including phenoxy) is 1. The lowest BCUT2D eigenvalue weighted by molar-refractivity contribution is -0.330. The lowest BCUT2D eigenvalue weighted by Crippen LogP contribution is -2.58. The number of carbonyl (C=O) groups excluding carboxylic acids is 1. The highest BCUT2D eigenvalue weighted by Crippen LogP contribution is 2.42. The predicted octanol–water partition coefficient (Wildman–Crippen LogP) is 2.91. The van der Waals surface area contributed by atoms with Crippen molar-refractivity contribution < 1.29 is 36.6 Å². The Hall–Kier alpha value is -0.920. The highest BCUT2D eigenvalue weighted by atomic mass is 19.4. The van der Waals surface area contributed by atoms with E-state index in [1.165, 1.54) is 13.8 Å². The molecule has 0 rings (SSSR count). The van der Waals surface area contributed by atoms with Crippen molar-refractivity contribution in [3.63, 3.8) is 0 Å². The quantitative estimate of drug-likeness (QED) is 0.626. The van der Waals surface area contributed by atoms with Crippen LogP contribution in [0.2, 0.25) is 0 Å². The highest BCUT2D eigenvalue weighted by molar-refractivity contribution is 5.75. The van der Waals surface area contributed by atoms with E-state index in [9.17, 15) is 26.7 Å². The average Bonchev–Trinajstić information content (AvgIpc) is 2.24. The normalized spacial score (nSPS) is 16.9. The fourth-order valence-corrected chi connectivity index (χ4v) is 0.844. The molecule has 0 aliphatic rings. The summed E-state index contributed by atoms with van der Waals surface area (Å²) in [6.07, 6.45) is -5.27. The first-order valence-electron chi connectivity index (χ1n) is 5.53. The van der Waals surface area contributed by atoms with Crippen molar-refractivity contribution in [2.24, 2.45) is 5.41 Å². The van der Waals surface area contributed by atoms with Gasteiger partial charge in [-0.15, -0.1) is 0 Å². The van der Waals surface area contributed by atoms with Gasteiger partial charge in [0.05, 0.1) is 5.41 Å². The van der Waals surface area contributed by atoms with Crippen LogP contribution in [-0.4, -0.2) is 35.4 Å². The monoisotopic (exact) mass is 292 g/mol. The molecule has 0 bridgehead atoms. The van der Waals surface area contributed by atoms with E-state index in [0.717, 1.165) is 0 Å². The van der Waals surface area contributed by atoms with Gasteiger partial charge in [-0.1, -0.05) is 6.92 Å². The Morgan fingerprint density at radius 2 is 1.53 bits per heavy atom. The van der Waals surface area contributed by atoms with Gasteiger partial charge in [-0.2, -0.15) is 22.0 Å². The molecule has 0 aliphatic carbocycles. The third kappa shape index (κ3) is 3.77. The maximum Gasteiger partial charge on any atom is 0.423 e. The number of alkyl halides is 5. The maximum absolute atomic E-state index is 13.3. The van der Waals surface area contributed by atoms with Crippen molar-refractivity contribution in [3.8, 4) is 0 Å². The van der Waals surface area contributed by atoms with E-state index in [2.05, 4.69) is 4.74 Å². The summed E-state index contributed by atoms with van der Waals surface area (Å²) in [6, 6.07) is 0. The largest absolute Gasteiger partial charge is 0.459 e. The van der Waals surface area contributed by atoms with E-state index in [4.69, 9.17) is 5.11 Å². The van der Waals surface area contributed by atoms with Gasteiger partial charge in [0, 0.05) is 0 Å². The summed E-state index contributed by atoms with van der Waals surface area (Å²) in [6.45, 7) is 2.53. The molecule has 0 amide bonds. The molecule has 1 atom stereocenters. The molecule has 1 N–H and O–H groups in total. The van der Waals surface area contributed by atoms with Crippen LogP contribution in [0, 0.1) is 5.41 Å². The van der Waals surface area contributed by atoms with Crippen LogP contribution in [0.5, 0.6) is 0 Å². The molecular formula is C11H17F5O3. The Morgan fingerprint density at radius 1 is 1.11 bits per heavy atom. The van der Waals surface area contributed by atoms with E-state index in [1.54, 1.807) is 6.92 Å². The molecule has 0 aromatic rings. The molecule has 114 valence electrons. The molecule has 0 aromatic heterocycles. The number of esters is 1. The Balaban J connectivity index is 4.87. The zero-order valence-corrected chi connectivity index (χ0v) is 11.1. The van der Waals surface area contributed by atoms with Crippen LogP contribution in [0.4, 0.5) is 22.0 Å². The first-order valence-corrected chi connectivity index (χ1v) is 5.53. The van der Waals surface area contributed by atoms with Crippen LogP contribution in [-0.2, 0) is 9.53 Å². The molecule has 0 saturated carbocycles. The van der Waals surface area contributed by atoms with E-state index in [-0.39, 0.29) is 13.3 Å². The fourth-order valence-electron chi connectivity index (χ4n) is 0.844. The molecule has 0 radical (unpaired) electrons.